The molecule has 0 saturated carbocycles. The summed E-state index contributed by atoms with van der Waals surface area (Å²) in [6.07, 6.45) is 8.22. The number of aryl methyl sites for hydroxylation is 1. The summed E-state index contributed by atoms with van der Waals surface area (Å²) in [4.78, 5) is 26.7. The number of hydrazine groups is 2. The van der Waals surface area contributed by atoms with Gasteiger partial charge in [0.15, 0.2) is 11.6 Å². The number of carbonyl (C=O) groups excluding carboxylic acids is 2. The number of fused-ring (bicyclic) bond motifs is 1. The summed E-state index contributed by atoms with van der Waals surface area (Å²) in [5.41, 5.74) is 10.7. The van der Waals surface area contributed by atoms with Gasteiger partial charge in [-0.15, -0.1) is 0 Å². The molecule has 44 heavy (non-hydrogen) atoms. The molecule has 0 bridgehead atoms. The molecule has 9 N–H and O–H groups in total. The standard InChI is InChI=1S/C19H29N5O2.C10H14FN5O2/c1-5-26-18(25)7-6-15-8-16(13(2)3)10-23-11-17(22-19(15)23)12-24(21)9-14(4)20;1-18-9-3-2-8(16(13)5-15-12)7(10(9)11)4-14-6-17/h8-11,13H,5-7,12,20-21H2,1-4H3;2-3,5-6H,4,12-13H2,1H3,(H,14,17)/b14-9-;15-5-. The summed E-state index contributed by atoms with van der Waals surface area (Å²) in [5.74, 6) is 16.2. The number of hydrogen-bond donors (Lipinski definition) is 5. The van der Waals surface area contributed by atoms with Crippen molar-refractivity contribution in [1.29, 1.82) is 0 Å². The summed E-state index contributed by atoms with van der Waals surface area (Å²) in [7, 11) is 1.34. The number of anilines is 1. The molecule has 240 valence electrons. The molecule has 1 aromatic carbocycles. The number of aromatic nitrogens is 2. The van der Waals surface area contributed by atoms with Crippen LogP contribution in [0.3, 0.4) is 0 Å². The third-order valence-corrected chi connectivity index (χ3v) is 6.22. The van der Waals surface area contributed by atoms with Crippen molar-refractivity contribution in [2.45, 2.75) is 59.5 Å². The van der Waals surface area contributed by atoms with Crippen LogP contribution in [0.15, 0.2) is 47.6 Å². The predicted molar refractivity (Wildman–Crippen MR) is 167 cm³/mol. The first-order valence-corrected chi connectivity index (χ1v) is 13.9. The Balaban J connectivity index is 0.000000329. The van der Waals surface area contributed by atoms with Crippen LogP contribution in [0.2, 0.25) is 0 Å². The molecule has 2 aromatic heterocycles. The van der Waals surface area contributed by atoms with E-state index in [9.17, 15) is 14.0 Å². The summed E-state index contributed by atoms with van der Waals surface area (Å²) < 4.78 is 25.9. The van der Waals surface area contributed by atoms with Crippen LogP contribution in [0.1, 0.15) is 62.4 Å². The molecular formula is C29H43FN10O4. The van der Waals surface area contributed by atoms with E-state index in [1.165, 1.54) is 29.8 Å². The number of nitrogens with one attached hydrogen (secondary N) is 1. The second-order valence-corrected chi connectivity index (χ2v) is 10.0. The third kappa shape index (κ3) is 10.1. The maximum atomic E-state index is 14.0. The van der Waals surface area contributed by atoms with Gasteiger partial charge in [-0.3, -0.25) is 14.6 Å². The van der Waals surface area contributed by atoms with E-state index in [-0.39, 0.29) is 23.8 Å². The number of pyridine rings is 1. The monoisotopic (exact) mass is 614 g/mol. The molecule has 1 amide bonds. The van der Waals surface area contributed by atoms with Crippen molar-refractivity contribution in [3.8, 4) is 5.75 Å². The zero-order valence-corrected chi connectivity index (χ0v) is 25.8. The van der Waals surface area contributed by atoms with Crippen molar-refractivity contribution >= 4 is 30.1 Å². The molecule has 0 aliphatic carbocycles. The molecule has 0 atom stereocenters. The summed E-state index contributed by atoms with van der Waals surface area (Å²) in [5, 5.41) is 8.16. The lowest BCUT2D eigenvalue weighted by Crippen LogP contribution is -2.31. The SMILES string of the molecule is CCOC(=O)CCc1cc(C(C)C)cn2cc(CN(N)/C=C(/C)N)nc12.COc1ccc(N(N)/C=N\N)c(CNC=O)c1F. The van der Waals surface area contributed by atoms with Crippen molar-refractivity contribution in [3.05, 3.63) is 70.7 Å². The van der Waals surface area contributed by atoms with Gasteiger partial charge in [-0.1, -0.05) is 19.9 Å². The van der Waals surface area contributed by atoms with Gasteiger partial charge in [0.25, 0.3) is 0 Å². The zero-order valence-electron chi connectivity index (χ0n) is 25.8. The number of nitrogens with zero attached hydrogens (tertiary/aromatic N) is 5. The molecule has 14 nitrogen and oxygen atoms in total. The Kier molecular flexibility index (Phi) is 13.9. The number of carbonyl (C=O) groups is 2. The van der Waals surface area contributed by atoms with Crippen LogP contribution in [0.4, 0.5) is 10.1 Å². The number of methoxy groups -OCH3 is 1. The number of benzene rings is 1. The van der Waals surface area contributed by atoms with Crippen LogP contribution < -0.4 is 38.3 Å². The van der Waals surface area contributed by atoms with Gasteiger partial charge >= 0.3 is 5.97 Å². The summed E-state index contributed by atoms with van der Waals surface area (Å²) >= 11 is 0. The zero-order chi connectivity index (χ0) is 32.8. The predicted octanol–water partition coefficient (Wildman–Crippen LogP) is 2.11. The van der Waals surface area contributed by atoms with E-state index in [2.05, 4.69) is 36.5 Å². The minimum absolute atomic E-state index is 0.0338. The van der Waals surface area contributed by atoms with Gasteiger partial charge in [0.1, 0.15) is 12.0 Å². The first kappa shape index (κ1) is 35.3. The molecular weight excluding hydrogens is 571 g/mol. The molecule has 0 fully saturated rings. The molecule has 0 radical (unpaired) electrons. The lowest BCUT2D eigenvalue weighted by Gasteiger charge is -2.18. The number of amides is 1. The van der Waals surface area contributed by atoms with Crippen LogP contribution in [0.25, 0.3) is 5.65 Å². The van der Waals surface area contributed by atoms with Crippen LogP contribution >= 0.6 is 0 Å². The highest BCUT2D eigenvalue weighted by Gasteiger charge is 2.16. The van der Waals surface area contributed by atoms with Crippen molar-refractivity contribution < 1.29 is 23.5 Å². The van der Waals surface area contributed by atoms with E-state index in [1.54, 1.807) is 13.1 Å². The first-order chi connectivity index (χ1) is 20.9. The van der Waals surface area contributed by atoms with Crippen molar-refractivity contribution in [2.75, 3.05) is 18.7 Å². The van der Waals surface area contributed by atoms with Crippen molar-refractivity contribution in [1.82, 2.24) is 19.7 Å². The van der Waals surface area contributed by atoms with Crippen LogP contribution in [-0.4, -0.2) is 46.8 Å². The molecule has 0 spiro atoms. The average molecular weight is 615 g/mol. The number of hydrazone groups is 1. The van der Waals surface area contributed by atoms with Crippen LogP contribution in [0.5, 0.6) is 5.75 Å². The fourth-order valence-electron chi connectivity index (χ4n) is 4.22. The third-order valence-electron chi connectivity index (χ3n) is 6.22. The number of hydrogen-bond acceptors (Lipinski definition) is 11. The largest absolute Gasteiger partial charge is 0.494 e. The Hall–Kier alpha value is -4.89. The van der Waals surface area contributed by atoms with E-state index in [0.29, 0.717) is 49.7 Å². The molecule has 3 aromatic rings. The molecule has 0 aliphatic rings. The fourth-order valence-corrected chi connectivity index (χ4v) is 4.22. The number of imidazole rings is 1. The molecule has 15 heteroatoms. The number of ether oxygens (including phenoxy) is 2. The van der Waals surface area contributed by atoms with Crippen LogP contribution in [0, 0.1) is 5.82 Å². The number of rotatable bonds is 14. The first-order valence-electron chi connectivity index (χ1n) is 13.9. The highest BCUT2D eigenvalue weighted by atomic mass is 19.1. The Morgan fingerprint density at radius 1 is 1.27 bits per heavy atom. The topological polar surface area (TPSA) is 205 Å². The minimum Gasteiger partial charge on any atom is -0.494 e. The second-order valence-electron chi connectivity index (χ2n) is 10.0. The quantitative estimate of drug-likeness (QED) is 0.0444. The fraction of sp³-hybridized carbons (Fsp3) is 0.379. The van der Waals surface area contributed by atoms with Gasteiger partial charge in [0.2, 0.25) is 6.41 Å². The molecule has 0 unspecified atom stereocenters. The maximum absolute atomic E-state index is 14.0. The normalized spacial score (nSPS) is 11.3. The number of allylic oxidation sites excluding steroid dienone is 1. The van der Waals surface area contributed by atoms with Gasteiger partial charge in [0, 0.05) is 42.8 Å². The lowest BCUT2D eigenvalue weighted by molar-refractivity contribution is -0.143. The van der Waals surface area contributed by atoms with Gasteiger partial charge in [-0.05, 0) is 49.4 Å². The van der Waals surface area contributed by atoms with Crippen molar-refractivity contribution in [2.24, 2.45) is 28.4 Å². The smallest absolute Gasteiger partial charge is 0.306 e. The van der Waals surface area contributed by atoms with E-state index < -0.39 is 5.82 Å². The van der Waals surface area contributed by atoms with Crippen LogP contribution in [-0.2, 0) is 33.8 Å². The second kappa shape index (κ2) is 17.3. The van der Waals surface area contributed by atoms with Gasteiger partial charge in [0.05, 0.1) is 31.6 Å². The molecule has 0 saturated heterocycles. The Morgan fingerprint density at radius 3 is 2.59 bits per heavy atom. The van der Waals surface area contributed by atoms with E-state index >= 15 is 0 Å². The molecule has 0 aliphatic heterocycles. The summed E-state index contributed by atoms with van der Waals surface area (Å²) in [6.45, 7) is 8.69. The Morgan fingerprint density at radius 2 is 2.00 bits per heavy atom. The van der Waals surface area contributed by atoms with Gasteiger partial charge in [-0.25, -0.2) is 21.1 Å². The lowest BCUT2D eigenvalue weighted by atomic mass is 10.0. The highest BCUT2D eigenvalue weighted by molar-refractivity contribution is 5.79. The Bertz CT molecular complexity index is 1450. The summed E-state index contributed by atoms with van der Waals surface area (Å²) in [6, 6.07) is 5.07. The van der Waals surface area contributed by atoms with E-state index in [0.717, 1.165) is 28.3 Å². The van der Waals surface area contributed by atoms with Gasteiger partial charge in [-0.2, -0.15) is 5.10 Å². The van der Waals surface area contributed by atoms with Crippen molar-refractivity contribution in [3.63, 3.8) is 0 Å². The Labute approximate surface area is 256 Å². The number of halogens is 1. The number of esters is 1. The molecule has 3 rings (SSSR count). The van der Waals surface area contributed by atoms with Gasteiger partial charge < -0.3 is 35.8 Å². The maximum Gasteiger partial charge on any atom is 0.306 e. The minimum atomic E-state index is -0.606. The van der Waals surface area contributed by atoms with E-state index in [1.807, 2.05) is 17.5 Å². The highest BCUT2D eigenvalue weighted by Crippen LogP contribution is 2.28. The molecule has 2 heterocycles. The number of nitrogens with two attached hydrogens (primary N) is 4. The average Bonchev–Trinajstić information content (AvgIpc) is 3.37. The van der Waals surface area contributed by atoms with E-state index in [4.69, 9.17) is 37.7 Å².